The number of aromatic nitrogens is 1. The predicted octanol–water partition coefficient (Wildman–Crippen LogP) is 5.15. The monoisotopic (exact) mass is 296 g/mol. The van der Waals surface area contributed by atoms with Gasteiger partial charge < -0.3 is 5.32 Å². The molecule has 2 aromatic carbocycles. The first-order valence-electron chi connectivity index (χ1n) is 7.36. The Hall–Kier alpha value is -1.87. The van der Waals surface area contributed by atoms with E-state index in [1.807, 2.05) is 5.51 Å². The van der Waals surface area contributed by atoms with Gasteiger partial charge >= 0.3 is 0 Å². The topological polar surface area (TPSA) is 24.9 Å². The summed E-state index contributed by atoms with van der Waals surface area (Å²) in [6.07, 6.45) is 0. The summed E-state index contributed by atoms with van der Waals surface area (Å²) >= 11 is 1.69. The Kier molecular flexibility index (Phi) is 4.20. The minimum Gasteiger partial charge on any atom is -0.384 e. The summed E-state index contributed by atoms with van der Waals surface area (Å²) in [7, 11) is 0. The van der Waals surface area contributed by atoms with E-state index in [2.05, 4.69) is 72.7 Å². The average molecular weight is 296 g/mol. The molecular formula is C18H20N2S. The molecule has 1 atom stereocenters. The molecule has 3 rings (SSSR count). The number of fused-ring (bicyclic) bond motifs is 1. The second-order valence-corrected chi connectivity index (χ2v) is 6.56. The van der Waals surface area contributed by atoms with Gasteiger partial charge in [-0.3, -0.25) is 0 Å². The number of rotatable bonds is 5. The molecule has 3 aromatic rings. The highest BCUT2D eigenvalue weighted by molar-refractivity contribution is 7.16. The van der Waals surface area contributed by atoms with E-state index in [0.717, 1.165) is 12.1 Å². The van der Waals surface area contributed by atoms with Crippen molar-refractivity contribution in [1.82, 2.24) is 4.98 Å². The van der Waals surface area contributed by atoms with Crippen molar-refractivity contribution >= 4 is 27.2 Å². The molecule has 0 radical (unpaired) electrons. The van der Waals surface area contributed by atoms with Crippen LogP contribution in [0.4, 0.5) is 5.69 Å². The first-order valence-corrected chi connectivity index (χ1v) is 8.24. The van der Waals surface area contributed by atoms with Crippen molar-refractivity contribution in [2.24, 2.45) is 5.92 Å². The second kappa shape index (κ2) is 6.27. The van der Waals surface area contributed by atoms with Gasteiger partial charge in [-0.25, -0.2) is 4.98 Å². The van der Waals surface area contributed by atoms with Gasteiger partial charge in [0, 0.05) is 18.2 Å². The molecule has 1 heterocycles. The van der Waals surface area contributed by atoms with E-state index < -0.39 is 0 Å². The van der Waals surface area contributed by atoms with E-state index in [-0.39, 0.29) is 0 Å². The van der Waals surface area contributed by atoms with Crippen LogP contribution in [-0.4, -0.2) is 11.5 Å². The molecule has 1 N–H and O–H groups in total. The van der Waals surface area contributed by atoms with Crippen molar-refractivity contribution in [1.29, 1.82) is 0 Å². The highest BCUT2D eigenvalue weighted by Gasteiger charge is 2.15. The number of hydrogen-bond acceptors (Lipinski definition) is 3. The van der Waals surface area contributed by atoms with Gasteiger partial charge in [-0.05, 0) is 29.7 Å². The van der Waals surface area contributed by atoms with Crippen LogP contribution in [-0.2, 0) is 0 Å². The van der Waals surface area contributed by atoms with Gasteiger partial charge in [-0.1, -0.05) is 44.2 Å². The smallest absolute Gasteiger partial charge is 0.0813 e. The number of hydrogen-bond donors (Lipinski definition) is 1. The molecule has 0 fully saturated rings. The van der Waals surface area contributed by atoms with Crippen molar-refractivity contribution in [2.45, 2.75) is 19.8 Å². The van der Waals surface area contributed by atoms with Crippen molar-refractivity contribution in [2.75, 3.05) is 11.9 Å². The van der Waals surface area contributed by atoms with Gasteiger partial charge in [0.05, 0.1) is 15.7 Å². The molecule has 0 saturated heterocycles. The van der Waals surface area contributed by atoms with Crippen molar-refractivity contribution in [3.8, 4) is 0 Å². The van der Waals surface area contributed by atoms with Gasteiger partial charge in [0.1, 0.15) is 0 Å². The molecule has 1 aromatic heterocycles. The van der Waals surface area contributed by atoms with Gasteiger partial charge in [0.15, 0.2) is 0 Å². The van der Waals surface area contributed by atoms with E-state index in [9.17, 15) is 0 Å². The lowest BCUT2D eigenvalue weighted by atomic mass is 9.88. The van der Waals surface area contributed by atoms with Crippen LogP contribution in [0.25, 0.3) is 10.2 Å². The SMILES string of the molecule is CC(C)C(CNc1ccc2ncsc2c1)c1ccccc1. The van der Waals surface area contributed by atoms with Crippen LogP contribution >= 0.6 is 11.3 Å². The summed E-state index contributed by atoms with van der Waals surface area (Å²) < 4.78 is 1.24. The van der Waals surface area contributed by atoms with Gasteiger partial charge in [-0.2, -0.15) is 0 Å². The maximum atomic E-state index is 4.32. The molecule has 0 saturated carbocycles. The van der Waals surface area contributed by atoms with Gasteiger partial charge in [0.2, 0.25) is 0 Å². The Morgan fingerprint density at radius 3 is 2.67 bits per heavy atom. The van der Waals surface area contributed by atoms with Crippen molar-refractivity contribution < 1.29 is 0 Å². The third-order valence-corrected chi connectivity index (χ3v) is 4.68. The normalized spacial score (nSPS) is 12.7. The summed E-state index contributed by atoms with van der Waals surface area (Å²) in [5.74, 6) is 1.12. The molecule has 2 nitrogen and oxygen atoms in total. The minimum absolute atomic E-state index is 0.517. The molecule has 0 spiro atoms. The number of nitrogens with one attached hydrogen (secondary N) is 1. The molecule has 0 aliphatic carbocycles. The lowest BCUT2D eigenvalue weighted by Crippen LogP contribution is -2.17. The molecule has 21 heavy (non-hydrogen) atoms. The summed E-state index contributed by atoms with van der Waals surface area (Å²) in [5.41, 5.74) is 5.55. The Morgan fingerprint density at radius 1 is 1.10 bits per heavy atom. The number of benzene rings is 2. The standard InChI is InChI=1S/C18H20N2S/c1-13(2)16(14-6-4-3-5-7-14)11-19-15-8-9-17-18(10-15)21-12-20-17/h3-10,12-13,16,19H,11H2,1-2H3. The maximum absolute atomic E-state index is 4.32. The van der Waals surface area contributed by atoms with E-state index in [1.165, 1.54) is 16.0 Å². The zero-order chi connectivity index (χ0) is 14.7. The lowest BCUT2D eigenvalue weighted by Gasteiger charge is -2.22. The lowest BCUT2D eigenvalue weighted by molar-refractivity contribution is 0.517. The molecule has 1 unspecified atom stereocenters. The first kappa shape index (κ1) is 14.1. The summed E-state index contributed by atoms with van der Waals surface area (Å²) in [6, 6.07) is 17.1. The number of thiazole rings is 1. The van der Waals surface area contributed by atoms with Crippen LogP contribution in [0.5, 0.6) is 0 Å². The van der Waals surface area contributed by atoms with Gasteiger partial charge in [0.25, 0.3) is 0 Å². The Bertz CT molecular complexity index is 703. The van der Waals surface area contributed by atoms with Crippen LogP contribution in [0, 0.1) is 5.92 Å². The van der Waals surface area contributed by atoms with Crippen molar-refractivity contribution in [3.63, 3.8) is 0 Å². The molecule has 0 aliphatic heterocycles. The molecule has 0 aliphatic rings. The van der Waals surface area contributed by atoms with E-state index in [1.54, 1.807) is 11.3 Å². The first-order chi connectivity index (χ1) is 10.2. The molecular weight excluding hydrogens is 276 g/mol. The van der Waals surface area contributed by atoms with Crippen LogP contribution < -0.4 is 5.32 Å². The Balaban J connectivity index is 1.74. The fraction of sp³-hybridized carbons (Fsp3) is 0.278. The zero-order valence-corrected chi connectivity index (χ0v) is 13.2. The van der Waals surface area contributed by atoms with E-state index >= 15 is 0 Å². The van der Waals surface area contributed by atoms with Crippen LogP contribution in [0.1, 0.15) is 25.3 Å². The number of anilines is 1. The summed E-state index contributed by atoms with van der Waals surface area (Å²) in [4.78, 5) is 4.32. The Labute approximate surface area is 129 Å². The fourth-order valence-corrected chi connectivity index (χ4v) is 3.35. The molecule has 0 bridgehead atoms. The largest absolute Gasteiger partial charge is 0.384 e. The number of nitrogens with zero attached hydrogens (tertiary/aromatic N) is 1. The molecule has 108 valence electrons. The minimum atomic E-state index is 0.517. The second-order valence-electron chi connectivity index (χ2n) is 5.68. The fourth-order valence-electron chi connectivity index (χ4n) is 2.63. The van der Waals surface area contributed by atoms with Crippen LogP contribution in [0.3, 0.4) is 0 Å². The predicted molar refractivity (Wildman–Crippen MR) is 92.1 cm³/mol. The quantitative estimate of drug-likeness (QED) is 0.704. The average Bonchev–Trinajstić information content (AvgIpc) is 2.96. The van der Waals surface area contributed by atoms with Crippen LogP contribution in [0.15, 0.2) is 54.0 Å². The van der Waals surface area contributed by atoms with Crippen LogP contribution in [0.2, 0.25) is 0 Å². The zero-order valence-electron chi connectivity index (χ0n) is 12.4. The third kappa shape index (κ3) is 3.24. The maximum Gasteiger partial charge on any atom is 0.0813 e. The summed E-state index contributed by atoms with van der Waals surface area (Å²) in [5, 5.41) is 3.59. The molecule has 3 heteroatoms. The summed E-state index contributed by atoms with van der Waals surface area (Å²) in [6.45, 7) is 5.52. The molecule has 0 amide bonds. The Morgan fingerprint density at radius 2 is 1.90 bits per heavy atom. The van der Waals surface area contributed by atoms with Gasteiger partial charge in [-0.15, -0.1) is 11.3 Å². The third-order valence-electron chi connectivity index (χ3n) is 3.89. The van der Waals surface area contributed by atoms with E-state index in [4.69, 9.17) is 0 Å². The highest BCUT2D eigenvalue weighted by Crippen LogP contribution is 2.26. The van der Waals surface area contributed by atoms with E-state index in [0.29, 0.717) is 11.8 Å². The highest BCUT2D eigenvalue weighted by atomic mass is 32.1. The van der Waals surface area contributed by atoms with Crippen molar-refractivity contribution in [3.05, 3.63) is 59.6 Å².